The van der Waals surface area contributed by atoms with Crippen LogP contribution in [0, 0.1) is 5.92 Å². The highest BCUT2D eigenvalue weighted by atomic mass is 16.5. The van der Waals surface area contributed by atoms with E-state index in [-0.39, 0.29) is 12.6 Å². The van der Waals surface area contributed by atoms with Crippen LogP contribution in [-0.4, -0.2) is 53.8 Å². The van der Waals surface area contributed by atoms with Crippen molar-refractivity contribution in [1.29, 1.82) is 0 Å². The van der Waals surface area contributed by atoms with Gasteiger partial charge in [-0.2, -0.15) is 0 Å². The predicted molar refractivity (Wildman–Crippen MR) is 134 cm³/mol. The van der Waals surface area contributed by atoms with Gasteiger partial charge >= 0.3 is 11.9 Å². The smallest absolute Gasteiger partial charge is 0.327 e. The second kappa shape index (κ2) is 12.2. The molecule has 2 aromatic carbocycles. The Bertz CT molecular complexity index is 972. The number of hydrogen-bond donors (Lipinski definition) is 1. The number of carboxylic acid groups (broad SMARTS) is 1. The molecule has 2 aromatic rings. The van der Waals surface area contributed by atoms with Crippen molar-refractivity contribution in [3.05, 3.63) is 65.7 Å². The van der Waals surface area contributed by atoms with E-state index < -0.39 is 17.4 Å². The first-order chi connectivity index (χ1) is 17.1. The van der Waals surface area contributed by atoms with Crippen molar-refractivity contribution in [2.75, 3.05) is 26.3 Å². The van der Waals surface area contributed by atoms with Crippen molar-refractivity contribution in [1.82, 2.24) is 4.90 Å². The Morgan fingerprint density at radius 3 is 2.43 bits per heavy atom. The molecule has 2 unspecified atom stereocenters. The van der Waals surface area contributed by atoms with Gasteiger partial charge in [-0.15, -0.1) is 0 Å². The summed E-state index contributed by atoms with van der Waals surface area (Å²) in [7, 11) is 0. The molecule has 0 spiro atoms. The van der Waals surface area contributed by atoms with E-state index in [2.05, 4.69) is 35.2 Å². The van der Waals surface area contributed by atoms with Crippen LogP contribution in [0.2, 0.25) is 0 Å². The summed E-state index contributed by atoms with van der Waals surface area (Å²) in [6.45, 7) is 2.20. The van der Waals surface area contributed by atoms with Crippen molar-refractivity contribution < 1.29 is 24.2 Å². The molecule has 4 rings (SSSR count). The van der Waals surface area contributed by atoms with Crippen LogP contribution >= 0.6 is 0 Å². The number of likely N-dealkylation sites (tertiary alicyclic amines) is 1. The second-order valence-corrected chi connectivity index (χ2v) is 9.69. The second-order valence-electron chi connectivity index (χ2n) is 9.69. The number of hydrogen-bond acceptors (Lipinski definition) is 5. The monoisotopic (exact) mass is 479 g/mol. The van der Waals surface area contributed by atoms with Crippen molar-refractivity contribution in [2.24, 2.45) is 5.92 Å². The maximum Gasteiger partial charge on any atom is 0.327 e. The number of esters is 1. The van der Waals surface area contributed by atoms with Crippen molar-refractivity contribution in [2.45, 2.75) is 63.3 Å². The van der Waals surface area contributed by atoms with Crippen LogP contribution in [0.5, 0.6) is 5.75 Å². The predicted octanol–water partition coefficient (Wildman–Crippen LogP) is 4.89. The molecule has 0 radical (unpaired) electrons. The highest BCUT2D eigenvalue weighted by Gasteiger charge is 2.56. The standard InChI is InChI=1S/C29H37NO5/c31-27(32)25-14-6-7-18-29(25,30-19-8-9-20-30)28(33)35-22-10-21-34-26-15-5-4-13-24(26)17-16-23-11-2-1-3-12-23/h1-5,11-13,15,25H,6-10,14,16-22H2,(H,31,32). The topological polar surface area (TPSA) is 76.1 Å². The Labute approximate surface area is 208 Å². The molecular weight excluding hydrogens is 442 g/mol. The van der Waals surface area contributed by atoms with Crippen LogP contribution in [0.4, 0.5) is 0 Å². The molecule has 0 bridgehead atoms. The first-order valence-corrected chi connectivity index (χ1v) is 13.0. The number of carboxylic acids is 1. The molecule has 1 aliphatic heterocycles. The molecule has 2 atom stereocenters. The number of aryl methyl sites for hydroxylation is 2. The van der Waals surface area contributed by atoms with E-state index >= 15 is 0 Å². The molecule has 1 heterocycles. The maximum absolute atomic E-state index is 13.4. The lowest BCUT2D eigenvalue weighted by Gasteiger charge is -2.46. The number of carbonyl (C=O) groups is 2. The van der Waals surface area contributed by atoms with Crippen molar-refractivity contribution in [3.8, 4) is 5.75 Å². The van der Waals surface area contributed by atoms with Gasteiger partial charge in [0, 0.05) is 6.42 Å². The van der Waals surface area contributed by atoms with E-state index in [9.17, 15) is 14.7 Å². The lowest BCUT2D eigenvalue weighted by atomic mass is 9.71. The van der Waals surface area contributed by atoms with E-state index in [1.165, 1.54) is 5.56 Å². The minimum absolute atomic E-state index is 0.229. The Balaban J connectivity index is 1.30. The van der Waals surface area contributed by atoms with Crippen molar-refractivity contribution in [3.63, 3.8) is 0 Å². The fourth-order valence-corrected chi connectivity index (χ4v) is 5.66. The van der Waals surface area contributed by atoms with E-state index in [1.807, 2.05) is 24.3 Å². The molecule has 1 aliphatic carbocycles. The van der Waals surface area contributed by atoms with E-state index in [4.69, 9.17) is 9.47 Å². The molecule has 1 saturated carbocycles. The number of aliphatic carboxylic acids is 1. The summed E-state index contributed by atoms with van der Waals surface area (Å²) in [5, 5.41) is 9.91. The zero-order valence-corrected chi connectivity index (χ0v) is 20.5. The number of rotatable bonds is 11. The van der Waals surface area contributed by atoms with Gasteiger partial charge in [0.15, 0.2) is 0 Å². The minimum Gasteiger partial charge on any atom is -0.493 e. The van der Waals surface area contributed by atoms with E-state index in [1.54, 1.807) is 0 Å². The zero-order valence-electron chi connectivity index (χ0n) is 20.5. The summed E-state index contributed by atoms with van der Waals surface area (Å²) in [6, 6.07) is 18.5. The molecule has 2 fully saturated rings. The first kappa shape index (κ1) is 25.2. The average Bonchev–Trinajstić information content (AvgIpc) is 3.44. The Morgan fingerprint density at radius 1 is 0.914 bits per heavy atom. The zero-order chi connectivity index (χ0) is 24.5. The van der Waals surface area contributed by atoms with Gasteiger partial charge in [0.25, 0.3) is 0 Å². The summed E-state index contributed by atoms with van der Waals surface area (Å²) in [5.74, 6) is -1.09. The largest absolute Gasteiger partial charge is 0.493 e. The van der Waals surface area contributed by atoms with Gasteiger partial charge in [0.05, 0.1) is 19.1 Å². The van der Waals surface area contributed by atoms with E-state index in [0.717, 1.165) is 62.9 Å². The summed E-state index contributed by atoms with van der Waals surface area (Å²) < 4.78 is 11.8. The summed E-state index contributed by atoms with van der Waals surface area (Å²) in [4.78, 5) is 27.5. The molecule has 6 nitrogen and oxygen atoms in total. The molecular formula is C29H37NO5. The summed E-state index contributed by atoms with van der Waals surface area (Å²) in [5.41, 5.74) is 1.43. The molecule has 35 heavy (non-hydrogen) atoms. The minimum atomic E-state index is -1.02. The van der Waals surface area contributed by atoms with Gasteiger partial charge in [-0.1, -0.05) is 61.4 Å². The highest BCUT2D eigenvalue weighted by molar-refractivity contribution is 5.88. The first-order valence-electron chi connectivity index (χ1n) is 13.0. The quantitative estimate of drug-likeness (QED) is 0.365. The fourth-order valence-electron chi connectivity index (χ4n) is 5.66. The van der Waals surface area contributed by atoms with Crippen LogP contribution < -0.4 is 4.74 Å². The summed E-state index contributed by atoms with van der Waals surface area (Å²) in [6.07, 6.45) is 7.20. The van der Waals surface area contributed by atoms with Gasteiger partial charge in [-0.25, -0.2) is 0 Å². The Hall–Kier alpha value is -2.86. The van der Waals surface area contributed by atoms with Gasteiger partial charge in [-0.3, -0.25) is 14.5 Å². The van der Waals surface area contributed by atoms with Gasteiger partial charge in [0.1, 0.15) is 11.3 Å². The molecule has 0 aromatic heterocycles. The third-order valence-electron chi connectivity index (χ3n) is 7.48. The summed E-state index contributed by atoms with van der Waals surface area (Å²) >= 11 is 0. The van der Waals surface area contributed by atoms with Crippen LogP contribution in [0.3, 0.4) is 0 Å². The Kier molecular flexibility index (Phi) is 8.80. The average molecular weight is 480 g/mol. The number of carbonyl (C=O) groups excluding carboxylic acids is 1. The number of nitrogens with zero attached hydrogens (tertiary/aromatic N) is 1. The van der Waals surface area contributed by atoms with Gasteiger partial charge in [-0.05, 0) is 68.8 Å². The molecule has 0 amide bonds. The third kappa shape index (κ3) is 6.04. The van der Waals surface area contributed by atoms with Crippen LogP contribution in [0.25, 0.3) is 0 Å². The lowest BCUT2D eigenvalue weighted by molar-refractivity contribution is -0.173. The van der Waals surface area contributed by atoms with Crippen LogP contribution in [-0.2, 0) is 27.2 Å². The molecule has 6 heteroatoms. The molecule has 1 N–H and O–H groups in total. The molecule has 188 valence electrons. The number of para-hydroxylation sites is 1. The van der Waals surface area contributed by atoms with Gasteiger partial charge < -0.3 is 14.6 Å². The fraction of sp³-hybridized carbons (Fsp3) is 0.517. The molecule has 2 aliphatic rings. The molecule has 1 saturated heterocycles. The van der Waals surface area contributed by atoms with Crippen molar-refractivity contribution >= 4 is 11.9 Å². The van der Waals surface area contributed by atoms with Crippen LogP contribution in [0.15, 0.2) is 54.6 Å². The number of ether oxygens (including phenoxy) is 2. The SMILES string of the molecule is O=C(O)C1CCCCC1(C(=O)OCCCOc1ccccc1CCc1ccccc1)N1CCCC1. The third-order valence-corrected chi connectivity index (χ3v) is 7.48. The Morgan fingerprint density at radius 2 is 1.66 bits per heavy atom. The highest BCUT2D eigenvalue weighted by Crippen LogP contribution is 2.41. The normalized spacial score (nSPS) is 22.6. The lowest BCUT2D eigenvalue weighted by Crippen LogP contribution is -2.62. The number of benzene rings is 2. The van der Waals surface area contributed by atoms with E-state index in [0.29, 0.717) is 25.9 Å². The maximum atomic E-state index is 13.4. The van der Waals surface area contributed by atoms with Crippen LogP contribution in [0.1, 0.15) is 56.1 Å². The van der Waals surface area contributed by atoms with Gasteiger partial charge in [0.2, 0.25) is 0 Å².